The third-order valence-electron chi connectivity index (χ3n) is 3.96. The Labute approximate surface area is 120 Å². The van der Waals surface area contributed by atoms with Crippen LogP contribution in [0.4, 0.5) is 5.69 Å². The number of carbonyl (C=O) groups is 1. The number of anilines is 1. The molecule has 4 nitrogen and oxygen atoms in total. The number of ether oxygens (including phenoxy) is 1. The second kappa shape index (κ2) is 7.29. The van der Waals surface area contributed by atoms with Crippen molar-refractivity contribution in [2.75, 3.05) is 32.5 Å². The fourth-order valence-corrected chi connectivity index (χ4v) is 2.61. The van der Waals surface area contributed by atoms with Crippen molar-refractivity contribution in [2.45, 2.75) is 25.7 Å². The third kappa shape index (κ3) is 4.23. The fraction of sp³-hybridized carbons (Fsp3) is 0.562. The van der Waals surface area contributed by atoms with E-state index in [1.54, 1.807) is 0 Å². The van der Waals surface area contributed by atoms with Crippen LogP contribution in [0.15, 0.2) is 24.3 Å². The average Bonchev–Trinajstić information content (AvgIpc) is 2.47. The molecule has 0 atom stereocenters. The van der Waals surface area contributed by atoms with E-state index in [1.807, 2.05) is 36.2 Å². The molecule has 0 radical (unpaired) electrons. The smallest absolute Gasteiger partial charge is 0.222 e. The highest BCUT2D eigenvalue weighted by Gasteiger charge is 2.18. The Morgan fingerprint density at radius 2 is 2.05 bits per heavy atom. The van der Waals surface area contributed by atoms with Gasteiger partial charge >= 0.3 is 0 Å². The molecule has 2 N–H and O–H groups in total. The van der Waals surface area contributed by atoms with Crippen LogP contribution in [0.5, 0.6) is 0 Å². The summed E-state index contributed by atoms with van der Waals surface area (Å²) < 4.78 is 5.34. The normalized spacial score (nSPS) is 16.1. The number of nitrogens with zero attached hydrogens (tertiary/aromatic N) is 1. The number of nitrogen functional groups attached to an aromatic ring is 1. The molecular formula is C16H24N2O2. The maximum Gasteiger partial charge on any atom is 0.222 e. The van der Waals surface area contributed by atoms with Gasteiger partial charge < -0.3 is 15.4 Å². The van der Waals surface area contributed by atoms with Gasteiger partial charge in [0.05, 0.1) is 0 Å². The van der Waals surface area contributed by atoms with Crippen molar-refractivity contribution in [1.82, 2.24) is 4.90 Å². The van der Waals surface area contributed by atoms with E-state index in [2.05, 4.69) is 0 Å². The summed E-state index contributed by atoms with van der Waals surface area (Å²) in [5.41, 5.74) is 7.72. The SMILES string of the molecule is CN(CC1CCOCC1)C(=O)CCc1ccccc1N. The van der Waals surface area contributed by atoms with Gasteiger partial charge in [-0.15, -0.1) is 0 Å². The molecule has 1 heterocycles. The van der Waals surface area contributed by atoms with Crippen LogP contribution in [0.1, 0.15) is 24.8 Å². The molecule has 4 heteroatoms. The molecule has 0 bridgehead atoms. The van der Waals surface area contributed by atoms with Crippen molar-refractivity contribution in [3.63, 3.8) is 0 Å². The molecule has 0 unspecified atom stereocenters. The van der Waals surface area contributed by atoms with Crippen molar-refractivity contribution in [3.05, 3.63) is 29.8 Å². The fourth-order valence-electron chi connectivity index (χ4n) is 2.61. The Bertz CT molecular complexity index is 442. The predicted octanol–water partition coefficient (Wildman–Crippen LogP) is 2.09. The van der Waals surface area contributed by atoms with Crippen molar-refractivity contribution in [3.8, 4) is 0 Å². The number of aryl methyl sites for hydroxylation is 1. The highest BCUT2D eigenvalue weighted by atomic mass is 16.5. The van der Waals surface area contributed by atoms with Gasteiger partial charge in [-0.2, -0.15) is 0 Å². The van der Waals surface area contributed by atoms with Crippen LogP contribution in [0, 0.1) is 5.92 Å². The number of carbonyl (C=O) groups excluding carboxylic acids is 1. The largest absolute Gasteiger partial charge is 0.399 e. The van der Waals surface area contributed by atoms with Gasteiger partial charge in [0.2, 0.25) is 5.91 Å². The molecule has 1 aliphatic heterocycles. The minimum atomic E-state index is 0.194. The number of rotatable bonds is 5. The second-order valence-electron chi connectivity index (χ2n) is 5.53. The first-order valence-electron chi connectivity index (χ1n) is 7.32. The Morgan fingerprint density at radius 3 is 2.75 bits per heavy atom. The lowest BCUT2D eigenvalue weighted by Crippen LogP contribution is -2.34. The third-order valence-corrected chi connectivity index (χ3v) is 3.96. The topological polar surface area (TPSA) is 55.6 Å². The highest BCUT2D eigenvalue weighted by Crippen LogP contribution is 2.17. The van der Waals surface area contributed by atoms with E-state index in [9.17, 15) is 4.79 Å². The summed E-state index contributed by atoms with van der Waals surface area (Å²) >= 11 is 0. The highest BCUT2D eigenvalue weighted by molar-refractivity contribution is 5.76. The van der Waals surface area contributed by atoms with Crippen molar-refractivity contribution >= 4 is 11.6 Å². The van der Waals surface area contributed by atoms with Gasteiger partial charge in [0.15, 0.2) is 0 Å². The molecule has 0 saturated carbocycles. The number of nitrogens with two attached hydrogens (primary N) is 1. The molecule has 0 aromatic heterocycles. The van der Waals surface area contributed by atoms with Crippen LogP contribution in [0.2, 0.25) is 0 Å². The zero-order chi connectivity index (χ0) is 14.4. The van der Waals surface area contributed by atoms with Crippen LogP contribution in [-0.2, 0) is 16.0 Å². The van der Waals surface area contributed by atoms with Gasteiger partial charge in [-0.3, -0.25) is 4.79 Å². The molecule has 1 aliphatic rings. The van der Waals surface area contributed by atoms with E-state index in [0.29, 0.717) is 18.8 Å². The second-order valence-corrected chi connectivity index (χ2v) is 5.53. The summed E-state index contributed by atoms with van der Waals surface area (Å²) in [5, 5.41) is 0. The number of hydrogen-bond donors (Lipinski definition) is 1. The zero-order valence-corrected chi connectivity index (χ0v) is 12.2. The van der Waals surface area contributed by atoms with E-state index in [4.69, 9.17) is 10.5 Å². The molecule has 1 aromatic carbocycles. The number of benzene rings is 1. The van der Waals surface area contributed by atoms with E-state index in [0.717, 1.165) is 43.9 Å². The lowest BCUT2D eigenvalue weighted by atomic mass is 9.99. The standard InChI is InChI=1S/C16H24N2O2/c1-18(12-13-8-10-20-11-9-13)16(19)7-6-14-4-2-3-5-15(14)17/h2-5,13H,6-12,17H2,1H3. The monoisotopic (exact) mass is 276 g/mol. The summed E-state index contributed by atoms with van der Waals surface area (Å²) in [6.45, 7) is 2.49. The Hall–Kier alpha value is -1.55. The maximum atomic E-state index is 12.2. The van der Waals surface area contributed by atoms with E-state index < -0.39 is 0 Å². The maximum absolute atomic E-state index is 12.2. The summed E-state index contributed by atoms with van der Waals surface area (Å²) in [6, 6.07) is 7.74. The molecule has 0 aliphatic carbocycles. The van der Waals surface area contributed by atoms with E-state index >= 15 is 0 Å². The first-order valence-corrected chi connectivity index (χ1v) is 7.32. The average molecular weight is 276 g/mol. The van der Waals surface area contributed by atoms with Crippen molar-refractivity contribution in [2.24, 2.45) is 5.92 Å². The van der Waals surface area contributed by atoms with Crippen LogP contribution in [0.3, 0.4) is 0 Å². The zero-order valence-electron chi connectivity index (χ0n) is 12.2. The lowest BCUT2D eigenvalue weighted by molar-refractivity contribution is -0.130. The summed E-state index contributed by atoms with van der Waals surface area (Å²) in [5.74, 6) is 0.777. The number of para-hydroxylation sites is 1. The van der Waals surface area contributed by atoms with Gasteiger partial charge in [0.25, 0.3) is 0 Å². The molecule has 1 saturated heterocycles. The molecule has 1 aromatic rings. The Kier molecular flexibility index (Phi) is 5.41. The van der Waals surface area contributed by atoms with Crippen LogP contribution in [0.25, 0.3) is 0 Å². The Morgan fingerprint density at radius 1 is 1.35 bits per heavy atom. The lowest BCUT2D eigenvalue weighted by Gasteiger charge is -2.27. The van der Waals surface area contributed by atoms with Crippen molar-refractivity contribution in [1.29, 1.82) is 0 Å². The summed E-state index contributed by atoms with van der Waals surface area (Å²) in [4.78, 5) is 14.0. The van der Waals surface area contributed by atoms with E-state index in [-0.39, 0.29) is 5.91 Å². The van der Waals surface area contributed by atoms with Gasteiger partial charge in [-0.1, -0.05) is 18.2 Å². The first kappa shape index (κ1) is 14.9. The predicted molar refractivity (Wildman–Crippen MR) is 80.4 cm³/mol. The molecule has 110 valence electrons. The minimum Gasteiger partial charge on any atom is -0.399 e. The van der Waals surface area contributed by atoms with Crippen LogP contribution < -0.4 is 5.73 Å². The molecular weight excluding hydrogens is 252 g/mol. The quantitative estimate of drug-likeness (QED) is 0.838. The van der Waals surface area contributed by atoms with Crippen LogP contribution in [-0.4, -0.2) is 37.6 Å². The molecule has 1 amide bonds. The van der Waals surface area contributed by atoms with Crippen LogP contribution >= 0.6 is 0 Å². The van der Waals surface area contributed by atoms with Gasteiger partial charge in [0.1, 0.15) is 0 Å². The number of amides is 1. The molecule has 0 spiro atoms. The summed E-state index contributed by atoms with van der Waals surface area (Å²) in [6.07, 6.45) is 3.35. The van der Waals surface area contributed by atoms with Gasteiger partial charge in [0, 0.05) is 38.9 Å². The summed E-state index contributed by atoms with van der Waals surface area (Å²) in [7, 11) is 1.89. The number of hydrogen-bond acceptors (Lipinski definition) is 3. The van der Waals surface area contributed by atoms with Gasteiger partial charge in [-0.05, 0) is 36.8 Å². The minimum absolute atomic E-state index is 0.194. The first-order chi connectivity index (χ1) is 9.66. The van der Waals surface area contributed by atoms with E-state index in [1.165, 1.54) is 0 Å². The van der Waals surface area contributed by atoms with Gasteiger partial charge in [-0.25, -0.2) is 0 Å². The molecule has 2 rings (SSSR count). The van der Waals surface area contributed by atoms with Crippen molar-refractivity contribution < 1.29 is 9.53 Å². The Balaban J connectivity index is 1.77. The molecule has 1 fully saturated rings. The molecule has 20 heavy (non-hydrogen) atoms.